The summed E-state index contributed by atoms with van der Waals surface area (Å²) in [5, 5.41) is 0. The van der Waals surface area contributed by atoms with Gasteiger partial charge < -0.3 is 4.74 Å². The molecule has 1 heterocycles. The first-order chi connectivity index (χ1) is 4.70. The molecular formula is C6H13O3P. The number of epoxide rings is 1. The Bertz CT molecular complexity index is 145. The van der Waals surface area contributed by atoms with E-state index in [0.29, 0.717) is 18.9 Å². The van der Waals surface area contributed by atoms with Crippen molar-refractivity contribution in [1.82, 2.24) is 0 Å². The van der Waals surface area contributed by atoms with Gasteiger partial charge in [0.1, 0.15) is 6.61 Å². The lowest BCUT2D eigenvalue weighted by atomic mass is 10.9. The second kappa shape index (κ2) is 3.04. The normalized spacial score (nSPS) is 24.8. The van der Waals surface area contributed by atoms with Gasteiger partial charge in [0.15, 0.2) is 6.29 Å². The van der Waals surface area contributed by atoms with Gasteiger partial charge in [-0.1, -0.05) is 13.8 Å². The molecule has 1 aliphatic rings. The first-order valence-electron chi connectivity index (χ1n) is 3.58. The lowest BCUT2D eigenvalue weighted by Crippen LogP contribution is -1.98. The first kappa shape index (κ1) is 8.25. The van der Waals surface area contributed by atoms with Crippen LogP contribution in [-0.2, 0) is 13.8 Å². The molecule has 0 saturated carbocycles. The van der Waals surface area contributed by atoms with Gasteiger partial charge in [-0.25, -0.2) is 0 Å². The molecule has 0 N–H and O–H groups in total. The molecule has 0 bridgehead atoms. The Morgan fingerprint density at radius 3 is 2.40 bits per heavy atom. The average molecular weight is 164 g/mol. The summed E-state index contributed by atoms with van der Waals surface area (Å²) in [5.74, 6) is 0. The van der Waals surface area contributed by atoms with Gasteiger partial charge in [-0.15, -0.1) is 0 Å². The highest BCUT2D eigenvalue weighted by atomic mass is 31.2. The predicted octanol–water partition coefficient (Wildman–Crippen LogP) is 1.68. The van der Waals surface area contributed by atoms with E-state index in [2.05, 4.69) is 0 Å². The summed E-state index contributed by atoms with van der Waals surface area (Å²) in [6, 6.07) is 0. The highest BCUT2D eigenvalue weighted by molar-refractivity contribution is 7.58. The van der Waals surface area contributed by atoms with Crippen molar-refractivity contribution < 1.29 is 13.8 Å². The molecule has 0 aromatic rings. The molecule has 4 heteroatoms. The van der Waals surface area contributed by atoms with Crippen molar-refractivity contribution in [3.63, 3.8) is 0 Å². The number of ether oxygens (including phenoxy) is 1. The molecule has 0 aliphatic carbocycles. The van der Waals surface area contributed by atoms with Crippen LogP contribution in [0.4, 0.5) is 0 Å². The van der Waals surface area contributed by atoms with Crippen LogP contribution >= 0.6 is 7.37 Å². The molecule has 3 nitrogen and oxygen atoms in total. The molecule has 1 rings (SSSR count). The van der Waals surface area contributed by atoms with Crippen molar-refractivity contribution in [3.05, 3.63) is 0 Å². The Hall–Kier alpha value is 0.150. The Kier molecular flexibility index (Phi) is 2.50. The largest absolute Gasteiger partial charge is 0.345 e. The third kappa shape index (κ3) is 2.08. The maximum atomic E-state index is 11.5. The van der Waals surface area contributed by atoms with Crippen molar-refractivity contribution in [2.75, 3.05) is 18.9 Å². The van der Waals surface area contributed by atoms with Crippen LogP contribution in [-0.4, -0.2) is 25.2 Å². The number of hydrogen-bond acceptors (Lipinski definition) is 3. The third-order valence-electron chi connectivity index (χ3n) is 1.58. The van der Waals surface area contributed by atoms with E-state index in [9.17, 15) is 4.57 Å². The van der Waals surface area contributed by atoms with E-state index < -0.39 is 7.37 Å². The molecule has 0 aromatic heterocycles. The van der Waals surface area contributed by atoms with Crippen molar-refractivity contribution in [1.29, 1.82) is 0 Å². The standard InChI is InChI=1S/C6H13O3P/c1-3-10(7,4-2)9-6-5-8-6/h6H,3-5H2,1-2H3. The van der Waals surface area contributed by atoms with Crippen LogP contribution in [0.15, 0.2) is 0 Å². The van der Waals surface area contributed by atoms with Gasteiger partial charge in [0.2, 0.25) is 7.37 Å². The van der Waals surface area contributed by atoms with E-state index in [1.165, 1.54) is 0 Å². The van der Waals surface area contributed by atoms with Gasteiger partial charge >= 0.3 is 0 Å². The minimum atomic E-state index is -2.30. The summed E-state index contributed by atoms with van der Waals surface area (Å²) >= 11 is 0. The minimum absolute atomic E-state index is 0.161. The molecule has 1 saturated heterocycles. The lowest BCUT2D eigenvalue weighted by Gasteiger charge is -2.11. The van der Waals surface area contributed by atoms with E-state index in [0.717, 1.165) is 0 Å². The second-order valence-corrected chi connectivity index (χ2v) is 5.42. The molecule has 1 atom stereocenters. The van der Waals surface area contributed by atoms with Crippen LogP contribution in [0.1, 0.15) is 13.8 Å². The van der Waals surface area contributed by atoms with Crippen molar-refractivity contribution >= 4 is 7.37 Å². The smallest absolute Gasteiger partial charge is 0.204 e. The maximum absolute atomic E-state index is 11.5. The van der Waals surface area contributed by atoms with Gasteiger partial charge in [-0.3, -0.25) is 9.09 Å². The number of rotatable bonds is 4. The van der Waals surface area contributed by atoms with Gasteiger partial charge in [-0.05, 0) is 0 Å². The average Bonchev–Trinajstić information content (AvgIpc) is 2.72. The topological polar surface area (TPSA) is 38.8 Å². The van der Waals surface area contributed by atoms with Crippen molar-refractivity contribution in [3.8, 4) is 0 Å². The van der Waals surface area contributed by atoms with E-state index >= 15 is 0 Å². The molecule has 1 fully saturated rings. The highest BCUT2D eigenvalue weighted by Crippen LogP contribution is 2.48. The van der Waals surface area contributed by atoms with Gasteiger partial charge in [0, 0.05) is 12.3 Å². The zero-order valence-electron chi connectivity index (χ0n) is 6.37. The Morgan fingerprint density at radius 2 is 2.10 bits per heavy atom. The fourth-order valence-corrected chi connectivity index (χ4v) is 1.98. The summed E-state index contributed by atoms with van der Waals surface area (Å²) in [7, 11) is -2.30. The summed E-state index contributed by atoms with van der Waals surface area (Å²) in [6.07, 6.45) is 1.07. The van der Waals surface area contributed by atoms with Crippen LogP contribution in [0.5, 0.6) is 0 Å². The molecule has 0 spiro atoms. The van der Waals surface area contributed by atoms with Crippen molar-refractivity contribution in [2.45, 2.75) is 20.1 Å². The van der Waals surface area contributed by atoms with Gasteiger partial charge in [0.05, 0.1) is 0 Å². The molecular weight excluding hydrogens is 151 g/mol. The molecule has 1 aliphatic heterocycles. The van der Waals surface area contributed by atoms with Gasteiger partial charge in [-0.2, -0.15) is 0 Å². The summed E-state index contributed by atoms with van der Waals surface area (Å²) in [5.41, 5.74) is 0. The highest BCUT2D eigenvalue weighted by Gasteiger charge is 2.31. The molecule has 1 unspecified atom stereocenters. The summed E-state index contributed by atoms with van der Waals surface area (Å²) in [6.45, 7) is 4.38. The molecule has 60 valence electrons. The fraction of sp³-hybridized carbons (Fsp3) is 1.00. The second-order valence-electron chi connectivity index (χ2n) is 2.32. The monoisotopic (exact) mass is 164 g/mol. The Balaban J connectivity index is 2.37. The quantitative estimate of drug-likeness (QED) is 0.468. The van der Waals surface area contributed by atoms with Gasteiger partial charge in [0.25, 0.3) is 0 Å². The minimum Gasteiger partial charge on any atom is -0.345 e. The summed E-state index contributed by atoms with van der Waals surface area (Å²) in [4.78, 5) is 0. The molecule has 0 radical (unpaired) electrons. The number of hydrogen-bond donors (Lipinski definition) is 0. The van der Waals surface area contributed by atoms with Crippen LogP contribution in [0, 0.1) is 0 Å². The van der Waals surface area contributed by atoms with E-state index in [1.54, 1.807) is 0 Å². The van der Waals surface area contributed by atoms with Crippen LogP contribution in [0.2, 0.25) is 0 Å². The molecule has 0 aromatic carbocycles. The van der Waals surface area contributed by atoms with Crippen LogP contribution in [0.25, 0.3) is 0 Å². The van der Waals surface area contributed by atoms with E-state index in [1.807, 2.05) is 13.8 Å². The Morgan fingerprint density at radius 1 is 1.60 bits per heavy atom. The Labute approximate surface area is 61.2 Å². The lowest BCUT2D eigenvalue weighted by molar-refractivity contribution is 0.182. The predicted molar refractivity (Wildman–Crippen MR) is 39.5 cm³/mol. The molecule has 10 heavy (non-hydrogen) atoms. The molecule has 0 amide bonds. The first-order valence-corrected chi connectivity index (χ1v) is 5.58. The zero-order chi connectivity index (χ0) is 7.61. The van der Waals surface area contributed by atoms with Crippen molar-refractivity contribution in [2.24, 2.45) is 0 Å². The van der Waals surface area contributed by atoms with Crippen LogP contribution in [0.3, 0.4) is 0 Å². The SMILES string of the molecule is CCP(=O)(CC)OC1CO1. The maximum Gasteiger partial charge on any atom is 0.204 e. The summed E-state index contributed by atoms with van der Waals surface area (Å²) < 4.78 is 21.5. The van der Waals surface area contributed by atoms with E-state index in [4.69, 9.17) is 9.26 Å². The van der Waals surface area contributed by atoms with Crippen LogP contribution < -0.4 is 0 Å². The van der Waals surface area contributed by atoms with E-state index in [-0.39, 0.29) is 6.29 Å². The fourth-order valence-electron chi connectivity index (χ4n) is 0.687. The zero-order valence-corrected chi connectivity index (χ0v) is 7.27. The third-order valence-corrected chi connectivity index (χ3v) is 4.12.